The second-order valence-electron chi connectivity index (χ2n) is 3.93. The summed E-state index contributed by atoms with van der Waals surface area (Å²) in [4.78, 5) is 4.31. The zero-order valence-electron chi connectivity index (χ0n) is 10.1. The van der Waals surface area contributed by atoms with Gasteiger partial charge in [0, 0.05) is 12.8 Å². The Morgan fingerprint density at radius 3 is 2.88 bits per heavy atom. The van der Waals surface area contributed by atoms with Gasteiger partial charge in [0.15, 0.2) is 6.29 Å². The molecule has 1 atom stereocenters. The Morgan fingerprint density at radius 2 is 2.24 bits per heavy atom. The number of aliphatic hydroxyl groups excluding tert-OH is 1. The van der Waals surface area contributed by atoms with Gasteiger partial charge in [0.25, 0.3) is 0 Å². The fraction of sp³-hybridized carbons (Fsp3) is 0.417. The predicted molar refractivity (Wildman–Crippen MR) is 61.2 cm³/mol. The molecule has 1 N–H and O–H groups in total. The highest BCUT2D eigenvalue weighted by Crippen LogP contribution is 2.23. The maximum Gasteiger partial charge on any atom is 0.198 e. The molecule has 0 bridgehead atoms. The maximum absolute atomic E-state index is 13.4. The molecule has 92 valence electrons. The van der Waals surface area contributed by atoms with Gasteiger partial charge in [-0.15, -0.1) is 0 Å². The normalized spacial score (nSPS) is 13.2. The number of fused-ring (bicyclic) bond motifs is 1. The van der Waals surface area contributed by atoms with Crippen LogP contribution in [0.15, 0.2) is 12.3 Å². The van der Waals surface area contributed by atoms with Gasteiger partial charge in [-0.05, 0) is 32.4 Å². The number of imidazole rings is 1. The number of rotatable bonds is 3. The molecule has 2 rings (SSSR count). The number of halogens is 1. The number of aliphatic hydroxyl groups is 1. The van der Waals surface area contributed by atoms with Crippen molar-refractivity contribution in [3.63, 3.8) is 0 Å². The molecule has 1 unspecified atom stereocenters. The summed E-state index contributed by atoms with van der Waals surface area (Å²) in [6.07, 6.45) is 0.219. The van der Waals surface area contributed by atoms with Crippen LogP contribution in [0.3, 0.4) is 0 Å². The molecular weight excluding hydrogens is 223 g/mol. The Labute approximate surface area is 98.7 Å². The van der Waals surface area contributed by atoms with Crippen molar-refractivity contribution < 1.29 is 14.2 Å². The highest BCUT2D eigenvalue weighted by atomic mass is 19.1. The third kappa shape index (κ3) is 2.03. The van der Waals surface area contributed by atoms with Gasteiger partial charge in [0.1, 0.15) is 17.2 Å². The van der Waals surface area contributed by atoms with Gasteiger partial charge in [0.2, 0.25) is 0 Å². The van der Waals surface area contributed by atoms with Crippen molar-refractivity contribution in [1.29, 1.82) is 0 Å². The molecule has 0 aliphatic rings. The van der Waals surface area contributed by atoms with Gasteiger partial charge in [0.05, 0.1) is 5.69 Å². The van der Waals surface area contributed by atoms with Crippen LogP contribution in [-0.2, 0) is 4.74 Å². The summed E-state index contributed by atoms with van der Waals surface area (Å²) in [5.41, 5.74) is 2.48. The SMILES string of the molecule is CCOC(O)c1c(C)nc2c(C)cc(F)cn12. The van der Waals surface area contributed by atoms with Crippen molar-refractivity contribution >= 4 is 5.65 Å². The lowest BCUT2D eigenvalue weighted by Gasteiger charge is -2.11. The highest BCUT2D eigenvalue weighted by Gasteiger charge is 2.18. The Balaban J connectivity index is 2.66. The molecule has 2 aromatic heterocycles. The van der Waals surface area contributed by atoms with Gasteiger partial charge in [-0.2, -0.15) is 0 Å². The van der Waals surface area contributed by atoms with Gasteiger partial charge in [-0.25, -0.2) is 9.37 Å². The first-order valence-electron chi connectivity index (χ1n) is 5.49. The topological polar surface area (TPSA) is 46.8 Å². The van der Waals surface area contributed by atoms with E-state index in [-0.39, 0.29) is 5.82 Å². The van der Waals surface area contributed by atoms with E-state index in [0.29, 0.717) is 23.6 Å². The van der Waals surface area contributed by atoms with E-state index in [4.69, 9.17) is 4.74 Å². The molecule has 2 heterocycles. The van der Waals surface area contributed by atoms with Crippen LogP contribution >= 0.6 is 0 Å². The molecule has 0 fully saturated rings. The van der Waals surface area contributed by atoms with Gasteiger partial charge in [-0.1, -0.05) is 0 Å². The molecule has 17 heavy (non-hydrogen) atoms. The summed E-state index contributed by atoms with van der Waals surface area (Å²) in [6.45, 7) is 5.71. The number of aryl methyl sites for hydroxylation is 2. The third-order valence-corrected chi connectivity index (χ3v) is 2.65. The lowest BCUT2D eigenvalue weighted by atomic mass is 10.3. The second-order valence-corrected chi connectivity index (χ2v) is 3.93. The van der Waals surface area contributed by atoms with E-state index in [1.165, 1.54) is 12.3 Å². The first-order valence-corrected chi connectivity index (χ1v) is 5.49. The fourth-order valence-electron chi connectivity index (χ4n) is 1.93. The van der Waals surface area contributed by atoms with Crippen molar-refractivity contribution in [3.05, 3.63) is 35.0 Å². The number of pyridine rings is 1. The van der Waals surface area contributed by atoms with E-state index in [1.54, 1.807) is 25.2 Å². The van der Waals surface area contributed by atoms with Crippen LogP contribution < -0.4 is 0 Å². The average Bonchev–Trinajstić information content (AvgIpc) is 2.55. The van der Waals surface area contributed by atoms with Crippen LogP contribution in [0.1, 0.15) is 30.2 Å². The summed E-state index contributed by atoms with van der Waals surface area (Å²) in [6, 6.07) is 1.42. The van der Waals surface area contributed by atoms with Crippen LogP contribution in [0.4, 0.5) is 4.39 Å². The largest absolute Gasteiger partial charge is 0.363 e. The molecule has 5 heteroatoms. The Morgan fingerprint density at radius 1 is 1.53 bits per heavy atom. The number of nitrogens with zero attached hydrogens (tertiary/aromatic N) is 2. The zero-order valence-corrected chi connectivity index (χ0v) is 10.1. The molecule has 0 saturated carbocycles. The second kappa shape index (κ2) is 4.43. The zero-order chi connectivity index (χ0) is 12.6. The minimum atomic E-state index is -1.09. The van der Waals surface area contributed by atoms with E-state index in [0.717, 1.165) is 5.56 Å². The summed E-state index contributed by atoms with van der Waals surface area (Å²) in [5.74, 6) is -0.364. The van der Waals surface area contributed by atoms with Crippen molar-refractivity contribution in [2.24, 2.45) is 0 Å². The van der Waals surface area contributed by atoms with Gasteiger partial charge >= 0.3 is 0 Å². The van der Waals surface area contributed by atoms with E-state index >= 15 is 0 Å². The predicted octanol–water partition coefficient (Wildman–Crippen LogP) is 2.12. The van der Waals surface area contributed by atoms with Crippen LogP contribution in [0, 0.1) is 19.7 Å². The third-order valence-electron chi connectivity index (χ3n) is 2.65. The van der Waals surface area contributed by atoms with Crippen LogP contribution in [-0.4, -0.2) is 21.1 Å². The van der Waals surface area contributed by atoms with Crippen LogP contribution in [0.5, 0.6) is 0 Å². The molecule has 0 aromatic carbocycles. The van der Waals surface area contributed by atoms with E-state index in [2.05, 4.69) is 4.98 Å². The maximum atomic E-state index is 13.4. The van der Waals surface area contributed by atoms with E-state index < -0.39 is 6.29 Å². The molecule has 0 amide bonds. The van der Waals surface area contributed by atoms with Crippen molar-refractivity contribution in [2.75, 3.05) is 6.61 Å². The Kier molecular flexibility index (Phi) is 3.13. The Bertz CT molecular complexity index is 551. The van der Waals surface area contributed by atoms with Crippen LogP contribution in [0.25, 0.3) is 5.65 Å². The summed E-state index contributed by atoms with van der Waals surface area (Å²) in [7, 11) is 0. The lowest BCUT2D eigenvalue weighted by molar-refractivity contribution is -0.102. The molecule has 0 aliphatic heterocycles. The monoisotopic (exact) mass is 238 g/mol. The van der Waals surface area contributed by atoms with Gasteiger partial charge in [-0.3, -0.25) is 4.40 Å². The van der Waals surface area contributed by atoms with E-state index in [9.17, 15) is 9.50 Å². The molecule has 0 aliphatic carbocycles. The van der Waals surface area contributed by atoms with Crippen LogP contribution in [0.2, 0.25) is 0 Å². The summed E-state index contributed by atoms with van der Waals surface area (Å²) >= 11 is 0. The Hall–Kier alpha value is -1.46. The quantitative estimate of drug-likeness (QED) is 0.833. The van der Waals surface area contributed by atoms with Crippen molar-refractivity contribution in [1.82, 2.24) is 9.38 Å². The average molecular weight is 238 g/mol. The van der Waals surface area contributed by atoms with Gasteiger partial charge < -0.3 is 9.84 Å². The molecule has 2 aromatic rings. The van der Waals surface area contributed by atoms with Crippen molar-refractivity contribution in [2.45, 2.75) is 27.1 Å². The first-order chi connectivity index (χ1) is 8.04. The van der Waals surface area contributed by atoms with Crippen molar-refractivity contribution in [3.8, 4) is 0 Å². The highest BCUT2D eigenvalue weighted by molar-refractivity contribution is 5.50. The minimum absolute atomic E-state index is 0.364. The molecule has 0 spiro atoms. The molecular formula is C12H15FN2O2. The number of hydrogen-bond acceptors (Lipinski definition) is 3. The standard InChI is InChI=1S/C12H15FN2O2/c1-4-17-12(16)10-8(3)14-11-7(2)5-9(13)6-15(10)11/h5-6,12,16H,4H2,1-3H3. The lowest BCUT2D eigenvalue weighted by Crippen LogP contribution is -2.08. The minimum Gasteiger partial charge on any atom is -0.363 e. The number of hydrogen-bond donors (Lipinski definition) is 1. The molecule has 0 radical (unpaired) electrons. The fourth-order valence-corrected chi connectivity index (χ4v) is 1.93. The summed E-state index contributed by atoms with van der Waals surface area (Å²) < 4.78 is 20.0. The molecule has 0 saturated heterocycles. The first kappa shape index (κ1) is 12.0. The number of ether oxygens (including phenoxy) is 1. The number of aromatic nitrogens is 2. The smallest absolute Gasteiger partial charge is 0.198 e. The summed E-state index contributed by atoms with van der Waals surface area (Å²) in [5, 5.41) is 9.86. The molecule has 4 nitrogen and oxygen atoms in total. The van der Waals surface area contributed by atoms with E-state index in [1.807, 2.05) is 0 Å².